The van der Waals surface area contributed by atoms with Crippen LogP contribution >= 0.6 is 0 Å². The normalized spacial score (nSPS) is 24.8. The zero-order valence-electron chi connectivity index (χ0n) is 10.9. The summed E-state index contributed by atoms with van der Waals surface area (Å²) in [5.41, 5.74) is 3.00. The van der Waals surface area contributed by atoms with Gasteiger partial charge in [-0.1, -0.05) is 24.3 Å². The largest absolute Gasteiger partial charge is 0.379 e. The van der Waals surface area contributed by atoms with Crippen LogP contribution in [0.5, 0.6) is 0 Å². The minimum atomic E-state index is 0.641. The molecule has 3 heteroatoms. The van der Waals surface area contributed by atoms with Gasteiger partial charge >= 0.3 is 0 Å². The van der Waals surface area contributed by atoms with Crippen molar-refractivity contribution in [3.63, 3.8) is 0 Å². The standard InChI is InChI=1S/C15H22N2O/c1-2-4-14-12-16-15(11-13(14)3-1)5-6-17-7-9-18-10-8-17/h1-4,15-16H,5-12H2. The van der Waals surface area contributed by atoms with E-state index in [1.54, 1.807) is 0 Å². The third-order valence-electron chi connectivity index (χ3n) is 4.06. The average molecular weight is 246 g/mol. The third kappa shape index (κ3) is 2.91. The summed E-state index contributed by atoms with van der Waals surface area (Å²) in [6.07, 6.45) is 2.43. The molecule has 1 aromatic carbocycles. The lowest BCUT2D eigenvalue weighted by atomic mass is 9.94. The van der Waals surface area contributed by atoms with Gasteiger partial charge in [0.15, 0.2) is 0 Å². The quantitative estimate of drug-likeness (QED) is 0.873. The highest BCUT2D eigenvalue weighted by Gasteiger charge is 2.18. The maximum atomic E-state index is 5.38. The molecular weight excluding hydrogens is 224 g/mol. The second-order valence-electron chi connectivity index (χ2n) is 5.29. The maximum Gasteiger partial charge on any atom is 0.0594 e. The Morgan fingerprint density at radius 2 is 1.94 bits per heavy atom. The van der Waals surface area contributed by atoms with Gasteiger partial charge in [0.25, 0.3) is 0 Å². The first-order valence-electron chi connectivity index (χ1n) is 7.02. The van der Waals surface area contributed by atoms with Crippen molar-refractivity contribution in [2.45, 2.75) is 25.4 Å². The van der Waals surface area contributed by atoms with Crippen molar-refractivity contribution in [3.05, 3.63) is 35.4 Å². The molecule has 0 amide bonds. The van der Waals surface area contributed by atoms with E-state index in [1.807, 2.05) is 0 Å². The molecule has 0 bridgehead atoms. The average Bonchev–Trinajstić information content (AvgIpc) is 2.46. The fourth-order valence-electron chi connectivity index (χ4n) is 2.89. The number of ether oxygens (including phenoxy) is 1. The fourth-order valence-corrected chi connectivity index (χ4v) is 2.89. The number of nitrogens with one attached hydrogen (secondary N) is 1. The van der Waals surface area contributed by atoms with Crippen LogP contribution in [0.3, 0.4) is 0 Å². The minimum absolute atomic E-state index is 0.641. The molecule has 0 spiro atoms. The zero-order chi connectivity index (χ0) is 12.2. The molecule has 3 nitrogen and oxygen atoms in total. The van der Waals surface area contributed by atoms with E-state index in [9.17, 15) is 0 Å². The summed E-state index contributed by atoms with van der Waals surface area (Å²) in [4.78, 5) is 2.52. The van der Waals surface area contributed by atoms with Gasteiger partial charge in [-0.25, -0.2) is 0 Å². The number of hydrogen-bond donors (Lipinski definition) is 1. The van der Waals surface area contributed by atoms with Crippen molar-refractivity contribution in [1.29, 1.82) is 0 Å². The van der Waals surface area contributed by atoms with Gasteiger partial charge in [0.05, 0.1) is 13.2 Å². The van der Waals surface area contributed by atoms with E-state index >= 15 is 0 Å². The number of rotatable bonds is 3. The van der Waals surface area contributed by atoms with Gasteiger partial charge in [0.1, 0.15) is 0 Å². The van der Waals surface area contributed by atoms with Crippen molar-refractivity contribution in [2.75, 3.05) is 32.8 Å². The number of morpholine rings is 1. The lowest BCUT2D eigenvalue weighted by Crippen LogP contribution is -2.42. The molecule has 18 heavy (non-hydrogen) atoms. The molecule has 2 aliphatic rings. The molecule has 98 valence electrons. The Balaban J connectivity index is 1.50. The highest BCUT2D eigenvalue weighted by atomic mass is 16.5. The van der Waals surface area contributed by atoms with Crippen LogP contribution in [-0.2, 0) is 17.7 Å². The molecule has 0 aromatic heterocycles. The Morgan fingerprint density at radius 1 is 1.17 bits per heavy atom. The summed E-state index contributed by atoms with van der Waals surface area (Å²) in [6.45, 7) is 6.24. The summed E-state index contributed by atoms with van der Waals surface area (Å²) in [7, 11) is 0. The van der Waals surface area contributed by atoms with Crippen molar-refractivity contribution in [1.82, 2.24) is 10.2 Å². The summed E-state index contributed by atoms with van der Waals surface area (Å²) in [5.74, 6) is 0. The lowest BCUT2D eigenvalue weighted by Gasteiger charge is -2.31. The molecule has 2 aliphatic heterocycles. The predicted molar refractivity (Wildman–Crippen MR) is 72.6 cm³/mol. The Labute approximate surface area is 109 Å². The van der Waals surface area contributed by atoms with Gasteiger partial charge in [-0.3, -0.25) is 4.90 Å². The van der Waals surface area contributed by atoms with E-state index in [2.05, 4.69) is 34.5 Å². The van der Waals surface area contributed by atoms with E-state index in [0.29, 0.717) is 6.04 Å². The van der Waals surface area contributed by atoms with Crippen LogP contribution in [0.25, 0.3) is 0 Å². The van der Waals surface area contributed by atoms with Gasteiger partial charge in [-0.2, -0.15) is 0 Å². The molecule has 0 saturated carbocycles. The third-order valence-corrected chi connectivity index (χ3v) is 4.06. The summed E-state index contributed by atoms with van der Waals surface area (Å²) >= 11 is 0. The minimum Gasteiger partial charge on any atom is -0.379 e. The van der Waals surface area contributed by atoms with Crippen LogP contribution in [0, 0.1) is 0 Å². The van der Waals surface area contributed by atoms with Crippen molar-refractivity contribution in [3.8, 4) is 0 Å². The number of nitrogens with zero attached hydrogens (tertiary/aromatic N) is 1. The fraction of sp³-hybridized carbons (Fsp3) is 0.600. The molecule has 0 aliphatic carbocycles. The highest BCUT2D eigenvalue weighted by molar-refractivity contribution is 5.29. The van der Waals surface area contributed by atoms with E-state index in [0.717, 1.165) is 32.8 Å². The summed E-state index contributed by atoms with van der Waals surface area (Å²) in [6, 6.07) is 9.44. The Kier molecular flexibility index (Phi) is 3.93. The Hall–Kier alpha value is -0.900. The molecule has 3 rings (SSSR count). The second kappa shape index (κ2) is 5.83. The monoisotopic (exact) mass is 246 g/mol. The van der Waals surface area contributed by atoms with Crippen LogP contribution in [-0.4, -0.2) is 43.8 Å². The lowest BCUT2D eigenvalue weighted by molar-refractivity contribution is 0.0360. The number of fused-ring (bicyclic) bond motifs is 1. The first-order chi connectivity index (χ1) is 8.92. The van der Waals surface area contributed by atoms with E-state index in [4.69, 9.17) is 4.74 Å². The zero-order valence-corrected chi connectivity index (χ0v) is 10.9. The molecule has 1 saturated heterocycles. The van der Waals surface area contributed by atoms with E-state index < -0.39 is 0 Å². The molecule has 0 radical (unpaired) electrons. The summed E-state index contributed by atoms with van der Waals surface area (Å²) < 4.78 is 5.38. The van der Waals surface area contributed by atoms with E-state index in [1.165, 1.54) is 30.5 Å². The first kappa shape index (κ1) is 12.2. The molecular formula is C15H22N2O. The van der Waals surface area contributed by atoms with Crippen LogP contribution in [0.2, 0.25) is 0 Å². The number of hydrogen-bond acceptors (Lipinski definition) is 3. The maximum absolute atomic E-state index is 5.38. The first-order valence-corrected chi connectivity index (χ1v) is 7.02. The molecule has 1 unspecified atom stereocenters. The van der Waals surface area contributed by atoms with Gasteiger partial charge < -0.3 is 10.1 Å². The molecule has 2 heterocycles. The highest BCUT2D eigenvalue weighted by Crippen LogP contribution is 2.18. The second-order valence-corrected chi connectivity index (χ2v) is 5.29. The smallest absolute Gasteiger partial charge is 0.0594 e. The van der Waals surface area contributed by atoms with Gasteiger partial charge in [-0.05, 0) is 30.5 Å². The van der Waals surface area contributed by atoms with E-state index in [-0.39, 0.29) is 0 Å². The van der Waals surface area contributed by atoms with Crippen LogP contribution < -0.4 is 5.32 Å². The number of benzene rings is 1. The van der Waals surface area contributed by atoms with Gasteiger partial charge in [-0.15, -0.1) is 0 Å². The Morgan fingerprint density at radius 3 is 2.78 bits per heavy atom. The molecule has 1 fully saturated rings. The topological polar surface area (TPSA) is 24.5 Å². The van der Waals surface area contributed by atoms with Crippen LogP contribution in [0.15, 0.2) is 24.3 Å². The molecule has 1 N–H and O–H groups in total. The Bertz CT molecular complexity index is 388. The van der Waals surface area contributed by atoms with Crippen LogP contribution in [0.4, 0.5) is 0 Å². The van der Waals surface area contributed by atoms with Crippen molar-refractivity contribution < 1.29 is 4.74 Å². The molecule has 1 atom stereocenters. The van der Waals surface area contributed by atoms with Crippen molar-refractivity contribution >= 4 is 0 Å². The van der Waals surface area contributed by atoms with Gasteiger partial charge in [0, 0.05) is 25.7 Å². The predicted octanol–water partition coefficient (Wildman–Crippen LogP) is 1.42. The SMILES string of the molecule is c1ccc2c(c1)CNC(CCN1CCOCC1)C2. The van der Waals surface area contributed by atoms with Crippen molar-refractivity contribution in [2.24, 2.45) is 0 Å². The van der Waals surface area contributed by atoms with Crippen LogP contribution in [0.1, 0.15) is 17.5 Å². The summed E-state index contributed by atoms with van der Waals surface area (Å²) in [5, 5.41) is 3.66. The van der Waals surface area contributed by atoms with Gasteiger partial charge in [0.2, 0.25) is 0 Å². The molecule has 1 aromatic rings.